The van der Waals surface area contributed by atoms with Crippen LogP contribution in [0.1, 0.15) is 61.4 Å². The summed E-state index contributed by atoms with van der Waals surface area (Å²) < 4.78 is 20.1. The number of para-hydroxylation sites is 1. The number of likely N-dealkylation sites (tertiary alicyclic amines) is 1. The van der Waals surface area contributed by atoms with Crippen LogP contribution in [0, 0.1) is 5.82 Å². The number of amides is 2. The van der Waals surface area contributed by atoms with Crippen LogP contribution in [0.25, 0.3) is 0 Å². The quantitative estimate of drug-likeness (QED) is 0.684. The van der Waals surface area contributed by atoms with Crippen LogP contribution in [0.4, 0.5) is 4.39 Å². The molecule has 1 spiro atoms. The van der Waals surface area contributed by atoms with Gasteiger partial charge in [-0.15, -0.1) is 0 Å². The monoisotopic (exact) mass is 438 g/mol. The third kappa shape index (κ3) is 4.50. The minimum absolute atomic E-state index is 0.0959. The summed E-state index contributed by atoms with van der Waals surface area (Å²) in [5.74, 6) is 0.561. The first-order valence-corrected chi connectivity index (χ1v) is 11.5. The molecule has 0 saturated carbocycles. The Morgan fingerprint density at radius 3 is 2.50 bits per heavy atom. The molecule has 2 aliphatic heterocycles. The normalized spacial score (nSPS) is 19.2. The Labute approximate surface area is 189 Å². The summed E-state index contributed by atoms with van der Waals surface area (Å²) in [4.78, 5) is 29.4. The topological polar surface area (TPSA) is 49.9 Å². The highest BCUT2D eigenvalue weighted by molar-refractivity contribution is 5.94. The molecule has 0 unspecified atom stereocenters. The second-order valence-corrected chi connectivity index (χ2v) is 8.80. The summed E-state index contributed by atoms with van der Waals surface area (Å²) in [5.41, 5.74) is 1.08. The molecule has 4 rings (SSSR count). The standard InChI is InChI=1S/C26H31FN2O3/c1-3-28(4-2)24(30)17-20-18-26(32-23-11-6-5-10-22(20)23)12-14-29(15-13-26)25(31)19-8-7-9-21(27)16-19/h5-11,16,20H,3-4,12-15,17-18H2,1-2H3/t20-/m1/s1. The van der Waals surface area contributed by atoms with E-state index in [1.807, 2.05) is 36.9 Å². The van der Waals surface area contributed by atoms with Gasteiger partial charge in [-0.25, -0.2) is 4.39 Å². The Morgan fingerprint density at radius 2 is 1.81 bits per heavy atom. The van der Waals surface area contributed by atoms with Gasteiger partial charge >= 0.3 is 0 Å². The highest BCUT2D eigenvalue weighted by Gasteiger charge is 2.44. The Hall–Kier alpha value is -2.89. The zero-order chi connectivity index (χ0) is 22.7. The number of carbonyl (C=O) groups is 2. The van der Waals surface area contributed by atoms with Crippen LogP contribution in [0.15, 0.2) is 48.5 Å². The summed E-state index contributed by atoms with van der Waals surface area (Å²) in [6.07, 6.45) is 2.62. The molecule has 32 heavy (non-hydrogen) atoms. The smallest absolute Gasteiger partial charge is 0.253 e. The molecule has 1 saturated heterocycles. The van der Waals surface area contributed by atoms with Crippen molar-refractivity contribution in [2.24, 2.45) is 0 Å². The van der Waals surface area contributed by atoms with E-state index >= 15 is 0 Å². The van der Waals surface area contributed by atoms with Gasteiger partial charge in [0.05, 0.1) is 0 Å². The molecule has 1 atom stereocenters. The van der Waals surface area contributed by atoms with E-state index in [-0.39, 0.29) is 23.3 Å². The Balaban J connectivity index is 1.49. The van der Waals surface area contributed by atoms with Crippen LogP contribution < -0.4 is 4.74 Å². The molecule has 0 bridgehead atoms. The molecule has 170 valence electrons. The van der Waals surface area contributed by atoms with Crippen molar-refractivity contribution in [2.75, 3.05) is 26.2 Å². The molecular weight excluding hydrogens is 407 g/mol. The SMILES string of the molecule is CCN(CC)C(=O)C[C@@H]1CC2(CCN(C(=O)c3cccc(F)c3)CC2)Oc2ccccc21. The average Bonchev–Trinajstić information content (AvgIpc) is 2.80. The van der Waals surface area contributed by atoms with Crippen LogP contribution in [0.3, 0.4) is 0 Å². The molecule has 1 fully saturated rings. The van der Waals surface area contributed by atoms with E-state index in [0.717, 1.165) is 17.7 Å². The van der Waals surface area contributed by atoms with Gasteiger partial charge in [-0.2, -0.15) is 0 Å². The number of piperidine rings is 1. The van der Waals surface area contributed by atoms with E-state index in [2.05, 4.69) is 6.07 Å². The Morgan fingerprint density at radius 1 is 1.09 bits per heavy atom. The van der Waals surface area contributed by atoms with E-state index in [0.29, 0.717) is 51.0 Å². The Kier molecular flexibility index (Phi) is 6.49. The fourth-order valence-corrected chi connectivity index (χ4v) is 5.07. The molecule has 0 N–H and O–H groups in total. The third-order valence-corrected chi connectivity index (χ3v) is 6.87. The molecule has 5 nitrogen and oxygen atoms in total. The highest BCUT2D eigenvalue weighted by atomic mass is 19.1. The number of hydrogen-bond donors (Lipinski definition) is 0. The maximum absolute atomic E-state index is 13.6. The molecule has 2 amide bonds. The van der Waals surface area contributed by atoms with Crippen LogP contribution in [0.2, 0.25) is 0 Å². The van der Waals surface area contributed by atoms with Crippen molar-refractivity contribution in [1.82, 2.24) is 9.80 Å². The van der Waals surface area contributed by atoms with Crippen LogP contribution >= 0.6 is 0 Å². The molecule has 6 heteroatoms. The number of rotatable bonds is 5. The first-order valence-electron chi connectivity index (χ1n) is 11.5. The van der Waals surface area contributed by atoms with Gasteiger partial charge in [0.2, 0.25) is 5.91 Å². The van der Waals surface area contributed by atoms with Gasteiger partial charge in [0.1, 0.15) is 17.2 Å². The van der Waals surface area contributed by atoms with E-state index in [1.165, 1.54) is 12.1 Å². The van der Waals surface area contributed by atoms with Crippen molar-refractivity contribution in [3.05, 3.63) is 65.5 Å². The zero-order valence-corrected chi connectivity index (χ0v) is 18.9. The molecule has 2 aromatic carbocycles. The van der Waals surface area contributed by atoms with Gasteiger partial charge in [0.15, 0.2) is 0 Å². The second-order valence-electron chi connectivity index (χ2n) is 8.80. The van der Waals surface area contributed by atoms with E-state index < -0.39 is 5.82 Å². The number of ether oxygens (including phenoxy) is 1. The minimum atomic E-state index is -0.405. The third-order valence-electron chi connectivity index (χ3n) is 6.87. The molecule has 0 aromatic heterocycles. The van der Waals surface area contributed by atoms with Crippen molar-refractivity contribution >= 4 is 11.8 Å². The van der Waals surface area contributed by atoms with Gasteiger partial charge in [-0.05, 0) is 50.1 Å². The lowest BCUT2D eigenvalue weighted by Gasteiger charge is -2.47. The lowest BCUT2D eigenvalue weighted by molar-refractivity contribution is -0.131. The summed E-state index contributed by atoms with van der Waals surface area (Å²) in [6, 6.07) is 13.8. The van der Waals surface area contributed by atoms with Crippen molar-refractivity contribution in [3.63, 3.8) is 0 Å². The van der Waals surface area contributed by atoms with Gasteiger partial charge in [0.25, 0.3) is 5.91 Å². The summed E-state index contributed by atoms with van der Waals surface area (Å²) in [5, 5.41) is 0. The molecular formula is C26H31FN2O3. The predicted molar refractivity (Wildman–Crippen MR) is 121 cm³/mol. The molecule has 2 aliphatic rings. The lowest BCUT2D eigenvalue weighted by Crippen LogP contribution is -2.52. The zero-order valence-electron chi connectivity index (χ0n) is 18.9. The maximum Gasteiger partial charge on any atom is 0.253 e. The Bertz CT molecular complexity index is 981. The number of nitrogens with zero attached hydrogens (tertiary/aromatic N) is 2. The molecule has 2 aromatic rings. The number of hydrogen-bond acceptors (Lipinski definition) is 3. The fourth-order valence-electron chi connectivity index (χ4n) is 5.07. The van der Waals surface area contributed by atoms with E-state index in [9.17, 15) is 14.0 Å². The van der Waals surface area contributed by atoms with Crippen LogP contribution in [-0.2, 0) is 4.79 Å². The largest absolute Gasteiger partial charge is 0.487 e. The van der Waals surface area contributed by atoms with Crippen LogP contribution in [0.5, 0.6) is 5.75 Å². The first-order chi connectivity index (χ1) is 15.4. The summed E-state index contributed by atoms with van der Waals surface area (Å²) in [7, 11) is 0. The molecule has 0 radical (unpaired) electrons. The summed E-state index contributed by atoms with van der Waals surface area (Å²) >= 11 is 0. The van der Waals surface area contributed by atoms with Crippen molar-refractivity contribution in [2.45, 2.75) is 51.0 Å². The highest BCUT2D eigenvalue weighted by Crippen LogP contribution is 2.46. The number of halogens is 1. The van der Waals surface area contributed by atoms with Gasteiger partial charge < -0.3 is 14.5 Å². The number of fused-ring (bicyclic) bond motifs is 1. The minimum Gasteiger partial charge on any atom is -0.487 e. The number of carbonyl (C=O) groups excluding carboxylic acids is 2. The van der Waals surface area contributed by atoms with Crippen molar-refractivity contribution in [1.29, 1.82) is 0 Å². The predicted octanol–water partition coefficient (Wildman–Crippen LogP) is 4.63. The second kappa shape index (κ2) is 9.31. The maximum atomic E-state index is 13.6. The first kappa shape index (κ1) is 22.3. The molecule has 0 aliphatic carbocycles. The van der Waals surface area contributed by atoms with E-state index in [1.54, 1.807) is 17.0 Å². The van der Waals surface area contributed by atoms with Gasteiger partial charge in [-0.3, -0.25) is 9.59 Å². The van der Waals surface area contributed by atoms with E-state index in [4.69, 9.17) is 4.74 Å². The summed E-state index contributed by atoms with van der Waals surface area (Å²) in [6.45, 7) is 6.53. The van der Waals surface area contributed by atoms with Crippen LogP contribution in [-0.4, -0.2) is 53.4 Å². The van der Waals surface area contributed by atoms with Gasteiger partial charge in [0, 0.05) is 56.9 Å². The van der Waals surface area contributed by atoms with Gasteiger partial charge in [-0.1, -0.05) is 24.3 Å². The number of benzene rings is 2. The average molecular weight is 439 g/mol. The van der Waals surface area contributed by atoms with Crippen molar-refractivity contribution < 1.29 is 18.7 Å². The van der Waals surface area contributed by atoms with Crippen molar-refractivity contribution in [3.8, 4) is 5.75 Å². The fraction of sp³-hybridized carbons (Fsp3) is 0.462. The molecule has 2 heterocycles. The lowest BCUT2D eigenvalue weighted by atomic mass is 9.76.